The molecule has 5 rings (SSSR count). The van der Waals surface area contributed by atoms with Crippen molar-refractivity contribution < 1.29 is 48.2 Å². The van der Waals surface area contributed by atoms with Crippen molar-refractivity contribution in [2.24, 2.45) is 0 Å². The molecule has 2 aliphatic rings. The molecule has 0 aromatic heterocycles. The largest absolute Gasteiger partial charge is 0.419 e. The quantitative estimate of drug-likeness (QED) is 0.368. The van der Waals surface area contributed by atoms with E-state index in [0.29, 0.717) is 16.7 Å². The van der Waals surface area contributed by atoms with Crippen LogP contribution in [0.3, 0.4) is 0 Å². The Morgan fingerprint density at radius 2 is 1.39 bits per heavy atom. The second-order valence-corrected chi connectivity index (χ2v) is 8.74. The molecule has 2 aliphatic heterocycles. The highest BCUT2D eigenvalue weighted by Gasteiger charge is 2.49. The van der Waals surface area contributed by atoms with Gasteiger partial charge in [0, 0.05) is 12.7 Å². The highest BCUT2D eigenvalue weighted by Crippen LogP contribution is 2.38. The lowest BCUT2D eigenvalue weighted by molar-refractivity contribution is -0.358. The van der Waals surface area contributed by atoms with Crippen LogP contribution in [-0.4, -0.2) is 66.6 Å². The van der Waals surface area contributed by atoms with Crippen molar-refractivity contribution in [3.05, 3.63) is 95.6 Å². The SMILES string of the molecule is CO[C@@H]1O[C@@H]2COC(c3ccc(OC(=O)c4ccccc4)c(OC(=O)c4ccccc4)c3)O[C@H]2[C@H](O)[C@H]1O. The molecular formula is C28H26O10. The van der Waals surface area contributed by atoms with Crippen LogP contribution < -0.4 is 9.47 Å². The first-order valence-electron chi connectivity index (χ1n) is 11.9. The normalized spacial score (nSPS) is 26.7. The maximum absolute atomic E-state index is 12.8. The highest BCUT2D eigenvalue weighted by atomic mass is 16.7. The summed E-state index contributed by atoms with van der Waals surface area (Å²) in [4.78, 5) is 25.5. The number of aliphatic hydroxyl groups is 2. The van der Waals surface area contributed by atoms with Gasteiger partial charge in [0.1, 0.15) is 24.4 Å². The fourth-order valence-corrected chi connectivity index (χ4v) is 4.24. The predicted molar refractivity (Wildman–Crippen MR) is 130 cm³/mol. The number of carbonyl (C=O) groups is 2. The Labute approximate surface area is 218 Å². The number of methoxy groups -OCH3 is 1. The number of esters is 2. The van der Waals surface area contributed by atoms with E-state index < -0.39 is 48.9 Å². The van der Waals surface area contributed by atoms with E-state index >= 15 is 0 Å². The number of aliphatic hydroxyl groups excluding tert-OH is 2. The van der Waals surface area contributed by atoms with Crippen LogP contribution in [-0.2, 0) is 18.9 Å². The number of rotatable bonds is 6. The zero-order chi connectivity index (χ0) is 26.6. The van der Waals surface area contributed by atoms with Gasteiger partial charge in [0.2, 0.25) is 0 Å². The van der Waals surface area contributed by atoms with Crippen molar-refractivity contribution in [2.75, 3.05) is 13.7 Å². The summed E-state index contributed by atoms with van der Waals surface area (Å²) < 4.78 is 33.6. The third-order valence-electron chi connectivity index (χ3n) is 6.23. The first kappa shape index (κ1) is 26.0. The molecule has 0 aliphatic carbocycles. The zero-order valence-corrected chi connectivity index (χ0v) is 20.3. The Balaban J connectivity index is 1.40. The molecule has 10 nitrogen and oxygen atoms in total. The van der Waals surface area contributed by atoms with Crippen molar-refractivity contribution >= 4 is 11.9 Å². The van der Waals surface area contributed by atoms with E-state index in [1.807, 2.05) is 0 Å². The van der Waals surface area contributed by atoms with Crippen molar-refractivity contribution in [1.29, 1.82) is 0 Å². The summed E-state index contributed by atoms with van der Waals surface area (Å²) in [6.07, 6.45) is -6.18. The van der Waals surface area contributed by atoms with Crippen LogP contribution in [0.4, 0.5) is 0 Å². The van der Waals surface area contributed by atoms with Gasteiger partial charge < -0.3 is 38.6 Å². The van der Waals surface area contributed by atoms with Crippen LogP contribution in [0.5, 0.6) is 11.5 Å². The summed E-state index contributed by atoms with van der Waals surface area (Å²) in [5.74, 6) is -1.31. The van der Waals surface area contributed by atoms with E-state index in [0.717, 1.165) is 0 Å². The summed E-state index contributed by atoms with van der Waals surface area (Å²) in [6.45, 7) is 0.0445. The van der Waals surface area contributed by atoms with Gasteiger partial charge in [-0.05, 0) is 42.5 Å². The van der Waals surface area contributed by atoms with E-state index in [1.54, 1.807) is 66.7 Å². The van der Waals surface area contributed by atoms with Gasteiger partial charge in [-0.15, -0.1) is 0 Å². The lowest BCUT2D eigenvalue weighted by Crippen LogP contribution is -2.62. The molecule has 0 bridgehead atoms. The molecule has 10 heteroatoms. The molecule has 38 heavy (non-hydrogen) atoms. The zero-order valence-electron chi connectivity index (χ0n) is 20.3. The Kier molecular flexibility index (Phi) is 7.79. The maximum atomic E-state index is 12.8. The Bertz CT molecular complexity index is 1260. The average molecular weight is 523 g/mol. The Morgan fingerprint density at radius 3 is 2.00 bits per heavy atom. The van der Waals surface area contributed by atoms with Gasteiger partial charge in [0.05, 0.1) is 17.7 Å². The van der Waals surface area contributed by atoms with E-state index in [-0.39, 0.29) is 18.1 Å². The third kappa shape index (κ3) is 5.46. The van der Waals surface area contributed by atoms with Crippen LogP contribution in [0, 0.1) is 0 Å². The Morgan fingerprint density at radius 1 is 0.789 bits per heavy atom. The lowest BCUT2D eigenvalue weighted by atomic mass is 9.98. The molecule has 2 N–H and O–H groups in total. The standard InChI is InChI=1S/C28H26O10/c1-33-28-23(30)22(29)24-21(37-28)15-34-27(38-24)18-12-13-19(35-25(31)16-8-4-2-5-9-16)20(14-18)36-26(32)17-10-6-3-7-11-17/h2-14,21-24,27-30H,15H2,1H3/t21-,22-,23-,24-,27?,28-/m1/s1. The number of hydrogen-bond donors (Lipinski definition) is 2. The monoisotopic (exact) mass is 522 g/mol. The molecule has 3 aromatic rings. The molecule has 6 atom stereocenters. The average Bonchev–Trinajstić information content (AvgIpc) is 2.96. The molecule has 0 spiro atoms. The number of carbonyl (C=O) groups excluding carboxylic acids is 2. The van der Waals surface area contributed by atoms with Crippen LogP contribution in [0.25, 0.3) is 0 Å². The number of fused-ring (bicyclic) bond motifs is 1. The van der Waals surface area contributed by atoms with Crippen LogP contribution in [0.2, 0.25) is 0 Å². The Hall–Kier alpha value is -3.64. The summed E-state index contributed by atoms with van der Waals surface area (Å²) in [5.41, 5.74) is 1.05. The summed E-state index contributed by atoms with van der Waals surface area (Å²) in [5, 5.41) is 20.8. The first-order chi connectivity index (χ1) is 18.4. The number of hydrogen-bond acceptors (Lipinski definition) is 10. The first-order valence-corrected chi connectivity index (χ1v) is 11.9. The minimum atomic E-state index is -1.32. The second kappa shape index (κ2) is 11.4. The van der Waals surface area contributed by atoms with Crippen LogP contribution in [0.1, 0.15) is 32.6 Å². The molecule has 2 saturated heterocycles. The summed E-state index contributed by atoms with van der Waals surface area (Å²) in [7, 11) is 1.36. The molecular weight excluding hydrogens is 496 g/mol. The number of benzene rings is 3. The third-order valence-corrected chi connectivity index (χ3v) is 6.23. The molecule has 2 heterocycles. The summed E-state index contributed by atoms with van der Waals surface area (Å²) in [6, 6.07) is 21.3. The number of ether oxygens (including phenoxy) is 6. The smallest absolute Gasteiger partial charge is 0.343 e. The van der Waals surface area contributed by atoms with Crippen molar-refractivity contribution in [3.63, 3.8) is 0 Å². The minimum Gasteiger partial charge on any atom is -0.419 e. The van der Waals surface area contributed by atoms with Crippen LogP contribution >= 0.6 is 0 Å². The van der Waals surface area contributed by atoms with Gasteiger partial charge in [-0.1, -0.05) is 36.4 Å². The van der Waals surface area contributed by atoms with Crippen LogP contribution in [0.15, 0.2) is 78.9 Å². The van der Waals surface area contributed by atoms with Gasteiger partial charge in [-0.25, -0.2) is 9.59 Å². The molecule has 0 saturated carbocycles. The molecule has 2 fully saturated rings. The molecule has 1 unspecified atom stereocenters. The highest BCUT2D eigenvalue weighted by molar-refractivity contribution is 5.93. The molecule has 198 valence electrons. The molecule has 0 amide bonds. The summed E-state index contributed by atoms with van der Waals surface area (Å²) >= 11 is 0. The van der Waals surface area contributed by atoms with Crippen molar-refractivity contribution in [3.8, 4) is 11.5 Å². The molecule has 0 radical (unpaired) electrons. The topological polar surface area (TPSA) is 130 Å². The van der Waals surface area contributed by atoms with E-state index in [4.69, 9.17) is 28.4 Å². The van der Waals surface area contributed by atoms with E-state index in [2.05, 4.69) is 0 Å². The van der Waals surface area contributed by atoms with Crippen molar-refractivity contribution in [2.45, 2.75) is 37.0 Å². The fraction of sp³-hybridized carbons (Fsp3) is 0.286. The second-order valence-electron chi connectivity index (χ2n) is 8.74. The van der Waals surface area contributed by atoms with Gasteiger partial charge in [-0.3, -0.25) is 0 Å². The lowest BCUT2D eigenvalue weighted by Gasteiger charge is -2.45. The molecule has 3 aromatic carbocycles. The van der Waals surface area contributed by atoms with E-state index in [1.165, 1.54) is 19.2 Å². The van der Waals surface area contributed by atoms with Gasteiger partial charge in [0.25, 0.3) is 0 Å². The van der Waals surface area contributed by atoms with E-state index in [9.17, 15) is 19.8 Å². The van der Waals surface area contributed by atoms with Gasteiger partial charge in [-0.2, -0.15) is 0 Å². The fourth-order valence-electron chi connectivity index (χ4n) is 4.24. The van der Waals surface area contributed by atoms with Gasteiger partial charge in [0.15, 0.2) is 24.1 Å². The minimum absolute atomic E-state index is 0.0139. The van der Waals surface area contributed by atoms with Gasteiger partial charge >= 0.3 is 11.9 Å². The van der Waals surface area contributed by atoms with Crippen molar-refractivity contribution in [1.82, 2.24) is 0 Å². The predicted octanol–water partition coefficient (Wildman–Crippen LogP) is 2.63. The maximum Gasteiger partial charge on any atom is 0.343 e.